The van der Waals surface area contributed by atoms with Crippen molar-refractivity contribution in [2.24, 2.45) is 0 Å². The molecule has 0 unspecified atom stereocenters. The maximum Gasteiger partial charge on any atom is 0.207 e. The molecule has 0 aliphatic carbocycles. The fourth-order valence-electron chi connectivity index (χ4n) is 2.62. The number of hydrogen-bond donors (Lipinski definition) is 3. The van der Waals surface area contributed by atoms with Gasteiger partial charge in [-0.2, -0.15) is 0 Å². The van der Waals surface area contributed by atoms with Crippen molar-refractivity contribution in [1.29, 1.82) is 0 Å². The number of rotatable bonds is 9. The second-order valence-corrected chi connectivity index (χ2v) is 6.41. The van der Waals surface area contributed by atoms with Gasteiger partial charge >= 0.3 is 0 Å². The van der Waals surface area contributed by atoms with Crippen LogP contribution in [0.4, 0.5) is 10.1 Å². The fourth-order valence-corrected chi connectivity index (χ4v) is 2.80. The third-order valence-electron chi connectivity index (χ3n) is 3.96. The highest BCUT2D eigenvalue weighted by atomic mass is 35.5. The van der Waals surface area contributed by atoms with Crippen LogP contribution in [0.3, 0.4) is 0 Å². The van der Waals surface area contributed by atoms with Crippen molar-refractivity contribution < 1.29 is 13.9 Å². The first-order chi connectivity index (χ1) is 12.5. The Hall–Kier alpha value is -2.02. The van der Waals surface area contributed by atoms with Gasteiger partial charge in [0.1, 0.15) is 5.75 Å². The number of halogens is 3. The maximum atomic E-state index is 15.1. The summed E-state index contributed by atoms with van der Waals surface area (Å²) in [5.41, 5.74) is 6.70. The SMILES string of the molecule is CC[C@@H](N[C@H](C)CNC=O)c1ccc(Cl)c(Oc2ccc(N)cc2)c1F.Cl. The Bertz CT molecular complexity index is 744. The first kappa shape index (κ1) is 23.0. The molecule has 2 aromatic carbocycles. The van der Waals surface area contributed by atoms with Gasteiger partial charge in [0.2, 0.25) is 6.41 Å². The van der Waals surface area contributed by atoms with Gasteiger partial charge in [-0.05, 0) is 43.7 Å². The number of nitrogens with one attached hydrogen (secondary N) is 2. The van der Waals surface area contributed by atoms with Crippen molar-refractivity contribution in [2.45, 2.75) is 32.4 Å². The largest absolute Gasteiger partial charge is 0.453 e. The van der Waals surface area contributed by atoms with E-state index in [9.17, 15) is 4.79 Å². The minimum atomic E-state index is -0.510. The van der Waals surface area contributed by atoms with Gasteiger partial charge in [-0.15, -0.1) is 12.4 Å². The number of carbonyl (C=O) groups excluding carboxylic acids is 1. The van der Waals surface area contributed by atoms with Crippen LogP contribution >= 0.6 is 24.0 Å². The molecule has 0 aromatic heterocycles. The Kier molecular flexibility index (Phi) is 9.35. The highest BCUT2D eigenvalue weighted by Crippen LogP contribution is 2.36. The zero-order valence-electron chi connectivity index (χ0n) is 15.2. The molecule has 0 saturated heterocycles. The molecule has 2 atom stereocenters. The first-order valence-corrected chi connectivity index (χ1v) is 8.78. The lowest BCUT2D eigenvalue weighted by Crippen LogP contribution is -2.38. The molecule has 2 aromatic rings. The minimum Gasteiger partial charge on any atom is -0.453 e. The van der Waals surface area contributed by atoms with Gasteiger partial charge in [0.25, 0.3) is 0 Å². The molecule has 1 amide bonds. The summed E-state index contributed by atoms with van der Waals surface area (Å²) in [5, 5.41) is 6.10. The van der Waals surface area contributed by atoms with Gasteiger partial charge in [0.15, 0.2) is 11.6 Å². The third-order valence-corrected chi connectivity index (χ3v) is 4.25. The number of carbonyl (C=O) groups is 1. The first-order valence-electron chi connectivity index (χ1n) is 8.40. The molecule has 148 valence electrons. The summed E-state index contributed by atoms with van der Waals surface area (Å²) in [6, 6.07) is 9.64. The molecule has 0 aliphatic rings. The molecular weight excluding hydrogens is 392 g/mol. The van der Waals surface area contributed by atoms with Gasteiger partial charge < -0.3 is 21.1 Å². The lowest BCUT2D eigenvalue weighted by Gasteiger charge is -2.24. The van der Waals surface area contributed by atoms with Crippen LogP contribution < -0.4 is 21.1 Å². The molecule has 0 fully saturated rings. The molecule has 0 aliphatic heterocycles. The van der Waals surface area contributed by atoms with Crippen molar-refractivity contribution in [3.05, 3.63) is 52.8 Å². The van der Waals surface area contributed by atoms with E-state index in [2.05, 4.69) is 10.6 Å². The normalized spacial score (nSPS) is 12.6. The van der Waals surface area contributed by atoms with E-state index in [-0.39, 0.29) is 35.3 Å². The highest BCUT2D eigenvalue weighted by Gasteiger charge is 2.21. The molecule has 8 heteroatoms. The van der Waals surface area contributed by atoms with Gasteiger partial charge in [0.05, 0.1) is 5.02 Å². The molecule has 4 N–H and O–H groups in total. The van der Waals surface area contributed by atoms with Crippen LogP contribution in [-0.4, -0.2) is 19.0 Å². The van der Waals surface area contributed by atoms with E-state index >= 15 is 4.39 Å². The summed E-state index contributed by atoms with van der Waals surface area (Å²) in [4.78, 5) is 10.4. The average molecular weight is 416 g/mol. The standard InChI is InChI=1S/C19H23ClFN3O2.ClH/c1-3-17(24-12(2)10-23-11-25)15-8-9-16(20)19(18(15)21)26-14-6-4-13(22)5-7-14;/h4-9,11-12,17,24H,3,10,22H2,1-2H3,(H,23,25);1H/t12-,17-;/m1./s1. The van der Waals surface area contributed by atoms with Crippen LogP contribution in [-0.2, 0) is 4.79 Å². The van der Waals surface area contributed by atoms with Crippen LogP contribution in [0.1, 0.15) is 31.9 Å². The summed E-state index contributed by atoms with van der Waals surface area (Å²) in [6.45, 7) is 4.31. The number of anilines is 1. The molecule has 0 heterocycles. The number of amides is 1. The summed E-state index contributed by atoms with van der Waals surface area (Å²) in [7, 11) is 0. The fraction of sp³-hybridized carbons (Fsp3) is 0.316. The van der Waals surface area contributed by atoms with Gasteiger partial charge in [-0.3, -0.25) is 4.79 Å². The number of nitrogens with two attached hydrogens (primary N) is 1. The van der Waals surface area contributed by atoms with Crippen LogP contribution in [0.15, 0.2) is 36.4 Å². The van der Waals surface area contributed by atoms with E-state index < -0.39 is 5.82 Å². The van der Waals surface area contributed by atoms with Crippen LogP contribution in [0.25, 0.3) is 0 Å². The van der Waals surface area contributed by atoms with E-state index in [0.717, 1.165) is 0 Å². The van der Waals surface area contributed by atoms with Crippen molar-refractivity contribution in [2.75, 3.05) is 12.3 Å². The Morgan fingerprint density at radius 2 is 1.93 bits per heavy atom. The molecular formula is C19H24Cl2FN3O2. The molecule has 27 heavy (non-hydrogen) atoms. The topological polar surface area (TPSA) is 76.4 Å². The van der Waals surface area contributed by atoms with Crippen molar-refractivity contribution in [1.82, 2.24) is 10.6 Å². The molecule has 0 saturated carbocycles. The quantitative estimate of drug-likeness (QED) is 0.417. The zero-order valence-corrected chi connectivity index (χ0v) is 16.7. The molecule has 0 spiro atoms. The number of hydrogen-bond acceptors (Lipinski definition) is 4. The minimum absolute atomic E-state index is 0. The average Bonchev–Trinajstić information content (AvgIpc) is 2.63. The van der Waals surface area contributed by atoms with E-state index in [1.807, 2.05) is 13.8 Å². The molecule has 0 radical (unpaired) electrons. The van der Waals surface area contributed by atoms with E-state index in [1.54, 1.807) is 36.4 Å². The number of ether oxygens (including phenoxy) is 1. The van der Waals surface area contributed by atoms with Crippen molar-refractivity contribution in [3.8, 4) is 11.5 Å². The van der Waals surface area contributed by atoms with Crippen molar-refractivity contribution in [3.63, 3.8) is 0 Å². The van der Waals surface area contributed by atoms with Crippen molar-refractivity contribution >= 4 is 36.1 Å². The lowest BCUT2D eigenvalue weighted by atomic mass is 10.0. The lowest BCUT2D eigenvalue weighted by molar-refractivity contribution is -0.109. The highest BCUT2D eigenvalue weighted by molar-refractivity contribution is 6.32. The second-order valence-electron chi connectivity index (χ2n) is 6.01. The predicted octanol–water partition coefficient (Wildman–Crippen LogP) is 4.45. The van der Waals surface area contributed by atoms with Gasteiger partial charge in [-0.1, -0.05) is 24.6 Å². The Balaban J connectivity index is 0.00000364. The second kappa shape index (κ2) is 11.0. The number of benzene rings is 2. The van der Waals surface area contributed by atoms with E-state index in [1.165, 1.54) is 0 Å². The molecule has 2 rings (SSSR count). The van der Waals surface area contributed by atoms with Crippen LogP contribution in [0, 0.1) is 5.82 Å². The Labute approximate surface area is 169 Å². The zero-order chi connectivity index (χ0) is 19.1. The smallest absolute Gasteiger partial charge is 0.207 e. The predicted molar refractivity (Wildman–Crippen MR) is 109 cm³/mol. The molecule has 5 nitrogen and oxygen atoms in total. The summed E-state index contributed by atoms with van der Waals surface area (Å²) < 4.78 is 20.7. The van der Waals surface area contributed by atoms with E-state index in [0.29, 0.717) is 36.4 Å². The molecule has 0 bridgehead atoms. The summed E-state index contributed by atoms with van der Waals surface area (Å²) in [5.74, 6) is -0.0845. The summed E-state index contributed by atoms with van der Waals surface area (Å²) >= 11 is 6.15. The monoisotopic (exact) mass is 415 g/mol. The van der Waals surface area contributed by atoms with Crippen LogP contribution in [0.5, 0.6) is 11.5 Å². The maximum absolute atomic E-state index is 15.1. The summed E-state index contributed by atoms with van der Waals surface area (Å²) in [6.07, 6.45) is 1.30. The Morgan fingerprint density at radius 1 is 1.26 bits per heavy atom. The van der Waals surface area contributed by atoms with Crippen LogP contribution in [0.2, 0.25) is 5.02 Å². The third kappa shape index (κ3) is 6.27. The number of nitrogen functional groups attached to an aromatic ring is 1. The van der Waals surface area contributed by atoms with Gasteiger partial charge in [-0.25, -0.2) is 4.39 Å². The van der Waals surface area contributed by atoms with E-state index in [4.69, 9.17) is 22.1 Å². The Morgan fingerprint density at radius 3 is 2.52 bits per heavy atom. The van der Waals surface area contributed by atoms with Gasteiger partial charge in [0, 0.05) is 29.9 Å².